The smallest absolute Gasteiger partial charge is 1.00 e. The maximum Gasteiger partial charge on any atom is -1.00 e. The summed E-state index contributed by atoms with van der Waals surface area (Å²) in [5, 5.41) is 0. The van der Waals surface area contributed by atoms with E-state index in [4.69, 9.17) is 17.0 Å². The van der Waals surface area contributed by atoms with Crippen LogP contribution in [0.4, 0.5) is 0 Å². The second-order valence-electron chi connectivity index (χ2n) is 14.2. The molecule has 0 spiro atoms. The van der Waals surface area contributed by atoms with E-state index in [0.29, 0.717) is 5.41 Å². The summed E-state index contributed by atoms with van der Waals surface area (Å²) in [5.41, 5.74) is 17.3. The second kappa shape index (κ2) is 13.5. The standard InChI is InChI=1S/C16H22.C10H15.C5H5.3CH3.4ClH.2Zr/c1-9-7-15(13(5)11(9)3)16-8-10(2)12(4)14(16)6;1-7-6-10(4,5)9(3)8(7)2;1-2-4-5-3-1;;;;;;;;;/h7-8H2,1-6H3;1-5H3;1-3H,4H2;3*1H3;4*1H;;/q;;;;;;;;;;2*+2/p-4. The zero-order valence-electron chi connectivity index (χ0n) is 27.4. The average Bonchev–Trinajstić information content (AvgIpc) is 3.53. The molecule has 0 N–H and O–H groups in total. The van der Waals surface area contributed by atoms with Gasteiger partial charge < -0.3 is 24.8 Å². The molecule has 0 nitrogen and oxygen atoms in total. The Balaban J connectivity index is 0.000000572. The molecular weight excluding hydrogens is 733 g/mol. The van der Waals surface area contributed by atoms with Gasteiger partial charge in [-0.05, 0) is 87.8 Å². The summed E-state index contributed by atoms with van der Waals surface area (Å²) in [5.74, 6) is 0. The van der Waals surface area contributed by atoms with Crippen LogP contribution in [0.5, 0.6) is 0 Å². The summed E-state index contributed by atoms with van der Waals surface area (Å²) in [7, 11) is 13.0. The van der Waals surface area contributed by atoms with Gasteiger partial charge in [0.15, 0.2) is 0 Å². The third-order valence-electron chi connectivity index (χ3n) is 9.60. The Labute approximate surface area is 279 Å². The van der Waals surface area contributed by atoms with Crippen molar-refractivity contribution in [2.24, 2.45) is 5.41 Å². The van der Waals surface area contributed by atoms with Gasteiger partial charge in [0.2, 0.25) is 0 Å². The van der Waals surface area contributed by atoms with Gasteiger partial charge in [0.05, 0.1) is 0 Å². The Morgan fingerprint density at radius 1 is 0.675 bits per heavy atom. The second-order valence-corrected chi connectivity index (χ2v) is 54.0. The molecule has 4 aliphatic carbocycles. The van der Waals surface area contributed by atoms with Crippen molar-refractivity contribution in [1.29, 1.82) is 0 Å². The summed E-state index contributed by atoms with van der Waals surface area (Å²) >= 11 is -2.26. The first-order valence-electron chi connectivity index (χ1n) is 14.0. The van der Waals surface area contributed by atoms with Gasteiger partial charge in [0, 0.05) is 0 Å². The molecule has 0 bridgehead atoms. The molecule has 0 aromatic rings. The molecule has 0 aromatic heterocycles. The molecule has 0 heterocycles. The summed E-state index contributed by atoms with van der Waals surface area (Å²) in [4.78, 5) is 0. The molecule has 223 valence electrons. The number of hydrogen-bond donors (Lipinski definition) is 0. The monoisotopic (exact) mass is 779 g/mol. The first-order valence-corrected chi connectivity index (χ1v) is 30.2. The van der Waals surface area contributed by atoms with Gasteiger partial charge in [0.1, 0.15) is 0 Å². The van der Waals surface area contributed by atoms with E-state index in [1.165, 1.54) is 49.6 Å². The van der Waals surface area contributed by atoms with E-state index in [-0.39, 0.29) is 24.8 Å². The first-order chi connectivity index (χ1) is 16.9. The Bertz CT molecular complexity index is 1230. The summed E-state index contributed by atoms with van der Waals surface area (Å²) in [6, 6.07) is 0. The fourth-order valence-electron chi connectivity index (χ4n) is 5.56. The predicted octanol–water partition coefficient (Wildman–Crippen LogP) is 6.80. The van der Waals surface area contributed by atoms with Crippen molar-refractivity contribution in [3.63, 3.8) is 0 Å². The molecule has 0 fully saturated rings. The molecule has 0 unspecified atom stereocenters. The van der Waals surface area contributed by atoms with Crippen molar-refractivity contribution in [3.8, 4) is 0 Å². The third-order valence-corrected chi connectivity index (χ3v) is 21.8. The Kier molecular flexibility index (Phi) is 13.7. The van der Waals surface area contributed by atoms with Gasteiger partial charge >= 0.3 is 159 Å². The normalized spacial score (nSPS) is 22.0. The van der Waals surface area contributed by atoms with E-state index in [0.717, 1.165) is 6.42 Å². The topological polar surface area (TPSA) is 0 Å². The van der Waals surface area contributed by atoms with Gasteiger partial charge in [-0.3, -0.25) is 0 Å². The van der Waals surface area contributed by atoms with Crippen LogP contribution >= 0.6 is 17.0 Å². The molecule has 4 rings (SSSR count). The van der Waals surface area contributed by atoms with Crippen LogP contribution in [0.15, 0.2) is 86.1 Å². The maximum absolute atomic E-state index is 6.51. The van der Waals surface area contributed by atoms with Crippen molar-refractivity contribution >= 4 is 17.0 Å². The zero-order valence-corrected chi connectivity index (χ0v) is 35.3. The molecular formula is C34H51Cl4Zr2. The summed E-state index contributed by atoms with van der Waals surface area (Å²) in [6.07, 6.45) is 9.48. The van der Waals surface area contributed by atoms with Gasteiger partial charge in [0.25, 0.3) is 0 Å². The minimum atomic E-state index is -3.83. The quantitative estimate of drug-likeness (QED) is 0.290. The number of rotatable bonds is 2. The fourth-order valence-corrected chi connectivity index (χ4v) is 12.1. The minimum absolute atomic E-state index is 0. The molecule has 0 aliphatic heterocycles. The van der Waals surface area contributed by atoms with Crippen LogP contribution in [0.1, 0.15) is 95.4 Å². The van der Waals surface area contributed by atoms with Crippen LogP contribution in [0.25, 0.3) is 0 Å². The molecule has 4 aliphatic rings. The molecule has 0 saturated carbocycles. The molecule has 6 heteroatoms. The Morgan fingerprint density at radius 2 is 1.07 bits per heavy atom. The molecule has 0 radical (unpaired) electrons. The van der Waals surface area contributed by atoms with Crippen LogP contribution in [-0.2, 0) is 39.6 Å². The first kappa shape index (κ1) is 40.8. The van der Waals surface area contributed by atoms with Crippen LogP contribution in [0.2, 0.25) is 13.9 Å². The Morgan fingerprint density at radius 3 is 1.23 bits per heavy atom. The number of halogens is 4. The van der Waals surface area contributed by atoms with Crippen LogP contribution in [0, 0.1) is 5.41 Å². The van der Waals surface area contributed by atoms with Crippen molar-refractivity contribution in [1.82, 2.24) is 0 Å². The van der Waals surface area contributed by atoms with Gasteiger partial charge in [-0.1, -0.05) is 11.1 Å². The number of allylic oxidation sites excluding steroid dienone is 16. The van der Waals surface area contributed by atoms with E-state index in [1.807, 2.05) is 20.0 Å². The van der Waals surface area contributed by atoms with Gasteiger partial charge in [-0.25, -0.2) is 0 Å². The van der Waals surface area contributed by atoms with E-state index in [1.54, 1.807) is 55.9 Å². The van der Waals surface area contributed by atoms with Crippen molar-refractivity contribution in [2.75, 3.05) is 0 Å². The summed E-state index contributed by atoms with van der Waals surface area (Å²) in [6.45, 7) is 25.0. The molecule has 40 heavy (non-hydrogen) atoms. The third kappa shape index (κ3) is 9.18. The SMILES string of the molecule is CC1=C(C)C(C)(C)[C]([Zr+2])=C1C.CC1=C(C)C(C)=C(C2=C(C)C(C)=C(C)C2)C1.[CH3][Zr]([CH3])([CH3])([Cl])([Cl])[C]1=CC=CC1.[Cl-].[Cl-]. The van der Waals surface area contributed by atoms with Gasteiger partial charge in [-0.2, -0.15) is 0 Å². The van der Waals surface area contributed by atoms with Crippen LogP contribution < -0.4 is 24.8 Å². The molecule has 0 saturated heterocycles. The maximum atomic E-state index is 6.51. The Hall–Kier alpha value is 0.846. The zero-order chi connectivity index (χ0) is 29.7. The van der Waals surface area contributed by atoms with E-state index in [9.17, 15) is 0 Å². The van der Waals surface area contributed by atoms with E-state index in [2.05, 4.69) is 88.3 Å². The van der Waals surface area contributed by atoms with E-state index < -0.39 is 14.9 Å². The van der Waals surface area contributed by atoms with Gasteiger partial charge in [-0.15, -0.1) is 0 Å². The predicted molar refractivity (Wildman–Crippen MR) is 167 cm³/mol. The average molecular weight is 784 g/mol. The van der Waals surface area contributed by atoms with Crippen molar-refractivity contribution in [3.05, 3.63) is 86.1 Å². The molecule has 0 aromatic carbocycles. The van der Waals surface area contributed by atoms with Crippen molar-refractivity contribution in [2.45, 2.75) is 109 Å². The van der Waals surface area contributed by atoms with Crippen molar-refractivity contribution < 1.29 is 64.4 Å². The summed E-state index contributed by atoms with van der Waals surface area (Å²) < 4.78 is 8.96. The van der Waals surface area contributed by atoms with E-state index >= 15 is 0 Å². The van der Waals surface area contributed by atoms with Crippen LogP contribution in [0.3, 0.4) is 0 Å². The van der Waals surface area contributed by atoms with Crippen LogP contribution in [-0.4, -0.2) is 0 Å². The fraction of sp³-hybridized carbons (Fsp3) is 0.529. The molecule has 0 atom stereocenters. The molecule has 0 amide bonds. The number of hydrogen-bond acceptors (Lipinski definition) is 0. The largest absolute Gasteiger partial charge is 1.00 e. The minimum Gasteiger partial charge on any atom is -1.00 e.